The Balaban J connectivity index is 1.22. The highest BCUT2D eigenvalue weighted by atomic mass is 35.5. The van der Waals surface area contributed by atoms with Crippen molar-refractivity contribution in [3.63, 3.8) is 0 Å². The molecule has 0 unspecified atom stereocenters. The average molecular weight is 645 g/mol. The van der Waals surface area contributed by atoms with Crippen molar-refractivity contribution in [2.75, 3.05) is 23.7 Å². The summed E-state index contributed by atoms with van der Waals surface area (Å²) in [7, 11) is 0. The fourth-order valence-corrected chi connectivity index (χ4v) is 7.47. The van der Waals surface area contributed by atoms with Crippen molar-refractivity contribution in [2.45, 2.75) is 76.5 Å². The Labute approximate surface area is 281 Å². The van der Waals surface area contributed by atoms with Gasteiger partial charge in [0, 0.05) is 35.9 Å². The predicted octanol–water partition coefficient (Wildman–Crippen LogP) is 8.48. The van der Waals surface area contributed by atoms with Crippen molar-refractivity contribution in [2.24, 2.45) is 0 Å². The lowest BCUT2D eigenvalue weighted by molar-refractivity contribution is 0.0866. The summed E-state index contributed by atoms with van der Waals surface area (Å²) in [5.74, 6) is 0. The van der Waals surface area contributed by atoms with Crippen LogP contribution < -0.4 is 10.6 Å². The van der Waals surface area contributed by atoms with Crippen LogP contribution in [-0.4, -0.2) is 43.5 Å². The number of halogens is 1. The van der Waals surface area contributed by atoms with Gasteiger partial charge in [-0.25, -0.2) is 4.68 Å². The summed E-state index contributed by atoms with van der Waals surface area (Å²) >= 11 is 6.93. The van der Waals surface area contributed by atoms with Crippen molar-refractivity contribution in [3.05, 3.63) is 112 Å². The summed E-state index contributed by atoms with van der Waals surface area (Å²) < 4.78 is 2.05. The van der Waals surface area contributed by atoms with Crippen LogP contribution in [0.5, 0.6) is 0 Å². The van der Waals surface area contributed by atoms with E-state index in [1.807, 2.05) is 28.9 Å². The number of nitriles is 1. The second kappa shape index (κ2) is 13.0. The molecular formula is C38H41ClN8. The summed E-state index contributed by atoms with van der Waals surface area (Å²) in [6, 6.07) is 25.3. The Kier molecular flexibility index (Phi) is 8.61. The summed E-state index contributed by atoms with van der Waals surface area (Å²) in [6.07, 6.45) is 8.93. The maximum absolute atomic E-state index is 10.1. The Morgan fingerprint density at radius 2 is 1.77 bits per heavy atom. The molecule has 47 heavy (non-hydrogen) atoms. The number of fused-ring (bicyclic) bond motifs is 2. The number of nitrogens with zero attached hydrogens (tertiary/aromatic N) is 6. The normalized spacial score (nSPS) is 18.0. The Hall–Kier alpha value is -4.45. The first-order chi connectivity index (χ1) is 22.8. The van der Waals surface area contributed by atoms with E-state index in [1.165, 1.54) is 11.1 Å². The van der Waals surface area contributed by atoms with Crippen molar-refractivity contribution < 1.29 is 0 Å². The average Bonchev–Trinajstić information content (AvgIpc) is 3.58. The van der Waals surface area contributed by atoms with Crippen LogP contribution >= 0.6 is 11.6 Å². The highest BCUT2D eigenvalue weighted by Crippen LogP contribution is 2.39. The number of pyridine rings is 1. The second-order valence-corrected chi connectivity index (χ2v) is 14.2. The lowest BCUT2D eigenvalue weighted by Crippen LogP contribution is -2.46. The molecule has 0 spiro atoms. The summed E-state index contributed by atoms with van der Waals surface area (Å²) in [5, 5.41) is 28.3. The van der Waals surface area contributed by atoms with Gasteiger partial charge >= 0.3 is 0 Å². The molecule has 2 N–H and O–H groups in total. The van der Waals surface area contributed by atoms with Crippen molar-refractivity contribution in [1.29, 1.82) is 5.26 Å². The maximum Gasteiger partial charge on any atom is 0.109 e. The first-order valence-electron chi connectivity index (χ1n) is 16.6. The minimum absolute atomic E-state index is 0.0930. The van der Waals surface area contributed by atoms with Crippen molar-refractivity contribution >= 4 is 33.9 Å². The molecule has 0 amide bonds. The van der Waals surface area contributed by atoms with Gasteiger partial charge in [-0.05, 0) is 81.7 Å². The minimum atomic E-state index is -0.262. The Morgan fingerprint density at radius 1 is 1.00 bits per heavy atom. The van der Waals surface area contributed by atoms with Gasteiger partial charge in [0.15, 0.2) is 0 Å². The van der Waals surface area contributed by atoms with Crippen LogP contribution in [0.2, 0.25) is 5.02 Å². The monoisotopic (exact) mass is 644 g/mol. The number of rotatable bonds is 7. The number of hydrogen-bond acceptors (Lipinski definition) is 7. The fraction of sp³-hybridized carbons (Fsp3) is 0.368. The number of anilines is 2. The molecular weight excluding hydrogens is 604 g/mol. The van der Waals surface area contributed by atoms with Gasteiger partial charge in [0.2, 0.25) is 0 Å². The van der Waals surface area contributed by atoms with Crippen LogP contribution in [-0.2, 0) is 6.42 Å². The molecule has 240 valence electrons. The topological polar surface area (TPSA) is 94.7 Å². The van der Waals surface area contributed by atoms with Gasteiger partial charge in [-0.1, -0.05) is 71.4 Å². The van der Waals surface area contributed by atoms with Crippen LogP contribution in [0.1, 0.15) is 92.5 Å². The molecule has 2 aliphatic rings. The van der Waals surface area contributed by atoms with Crippen LogP contribution in [0.4, 0.5) is 11.4 Å². The van der Waals surface area contributed by atoms with Gasteiger partial charge < -0.3 is 10.6 Å². The number of aromatic nitrogens is 4. The highest BCUT2D eigenvalue weighted by Gasteiger charge is 2.29. The largest absolute Gasteiger partial charge is 0.377 e. The smallest absolute Gasteiger partial charge is 0.109 e. The second-order valence-electron chi connectivity index (χ2n) is 13.8. The predicted molar refractivity (Wildman–Crippen MR) is 189 cm³/mol. The molecule has 3 heterocycles. The van der Waals surface area contributed by atoms with Crippen LogP contribution in [0.3, 0.4) is 0 Å². The molecule has 0 radical (unpaired) electrons. The number of nitrogens with one attached hydrogen (secondary N) is 2. The minimum Gasteiger partial charge on any atom is -0.377 e. The van der Waals surface area contributed by atoms with E-state index >= 15 is 0 Å². The van der Waals surface area contributed by atoms with Gasteiger partial charge in [0.25, 0.3) is 0 Å². The molecule has 0 bridgehead atoms. The first-order valence-corrected chi connectivity index (χ1v) is 17.0. The third kappa shape index (κ3) is 6.43. The molecule has 7 rings (SSSR count). The quantitative estimate of drug-likeness (QED) is 0.183. The maximum atomic E-state index is 10.1. The van der Waals surface area contributed by atoms with E-state index in [2.05, 4.69) is 101 Å². The molecule has 1 aliphatic heterocycles. The van der Waals surface area contributed by atoms with Crippen LogP contribution in [0.15, 0.2) is 79.1 Å². The fourth-order valence-electron chi connectivity index (χ4n) is 7.20. The SMILES string of the molecule is CC(C)(C)N1CCC(n2cc([C@@H](Nc3cc(Cl)c4ncc(C#N)c(N[C@@H]5CCCc6ccccc65)c4c3)c3ccccc3)nn2)CC1. The van der Waals surface area contributed by atoms with Gasteiger partial charge in [-0.3, -0.25) is 9.88 Å². The van der Waals surface area contributed by atoms with Gasteiger partial charge in [0.05, 0.1) is 46.1 Å². The molecule has 2 aromatic heterocycles. The molecule has 0 saturated carbocycles. The van der Waals surface area contributed by atoms with E-state index < -0.39 is 0 Å². The molecule has 1 aliphatic carbocycles. The van der Waals surface area contributed by atoms with Gasteiger partial charge in [-0.15, -0.1) is 5.10 Å². The van der Waals surface area contributed by atoms with Crippen LogP contribution in [0, 0.1) is 11.3 Å². The van der Waals surface area contributed by atoms with E-state index in [9.17, 15) is 5.26 Å². The number of benzene rings is 3. The van der Waals surface area contributed by atoms with E-state index in [-0.39, 0.29) is 17.6 Å². The summed E-state index contributed by atoms with van der Waals surface area (Å²) in [4.78, 5) is 7.15. The van der Waals surface area contributed by atoms with Gasteiger partial charge in [-0.2, -0.15) is 5.26 Å². The molecule has 5 aromatic rings. The standard InChI is InChI=1S/C38H41ClN8/c1-38(2,3)46-18-16-29(17-19-46)47-24-34(44-45-47)36(26-11-5-4-6-12-26)42-28-20-31-35(27(22-40)23-41-37(31)32(39)21-28)43-33-15-9-13-25-10-7-8-14-30(25)33/h4-8,10-12,14,20-21,23-24,29,33,36,42H,9,13,15-19H2,1-3H3,(H,41,43)/t33-,36+/m1/s1. The zero-order chi connectivity index (χ0) is 32.5. The Bertz CT molecular complexity index is 1910. The van der Waals surface area contributed by atoms with Crippen molar-refractivity contribution in [1.82, 2.24) is 24.9 Å². The number of likely N-dealkylation sites (tertiary alicyclic amines) is 1. The molecule has 8 nitrogen and oxygen atoms in total. The lowest BCUT2D eigenvalue weighted by Gasteiger charge is -2.40. The zero-order valence-corrected chi connectivity index (χ0v) is 28.0. The number of aryl methyl sites for hydroxylation is 1. The van der Waals surface area contributed by atoms with Gasteiger partial charge in [0.1, 0.15) is 11.8 Å². The van der Waals surface area contributed by atoms with E-state index in [1.54, 1.807) is 6.20 Å². The zero-order valence-electron chi connectivity index (χ0n) is 27.2. The van der Waals surface area contributed by atoms with E-state index in [4.69, 9.17) is 16.7 Å². The lowest BCUT2D eigenvalue weighted by atomic mass is 9.87. The van der Waals surface area contributed by atoms with E-state index in [0.717, 1.165) is 73.2 Å². The molecule has 2 atom stereocenters. The van der Waals surface area contributed by atoms with E-state index in [0.29, 0.717) is 22.1 Å². The molecule has 1 saturated heterocycles. The third-order valence-electron chi connectivity index (χ3n) is 9.79. The number of piperidine rings is 1. The highest BCUT2D eigenvalue weighted by molar-refractivity contribution is 6.35. The summed E-state index contributed by atoms with van der Waals surface area (Å²) in [5.41, 5.74) is 7.44. The van der Waals surface area contributed by atoms with Crippen LogP contribution in [0.25, 0.3) is 10.9 Å². The third-order valence-corrected chi connectivity index (χ3v) is 10.1. The van der Waals surface area contributed by atoms with Crippen molar-refractivity contribution in [3.8, 4) is 6.07 Å². The molecule has 3 aromatic carbocycles. The first kappa shape index (κ1) is 31.2. The molecule has 1 fully saturated rings. The molecule has 9 heteroatoms. The Morgan fingerprint density at radius 3 is 2.53 bits per heavy atom. The number of hydrogen-bond donors (Lipinski definition) is 2. The summed E-state index contributed by atoms with van der Waals surface area (Å²) in [6.45, 7) is 8.92.